The Hall–Kier alpha value is -1.94. The fraction of sp³-hybridized carbons (Fsp3) is 0.429. The Morgan fingerprint density at radius 1 is 1.35 bits per heavy atom. The average Bonchev–Trinajstić information content (AvgIpc) is 2.78. The van der Waals surface area contributed by atoms with Gasteiger partial charge in [-0.1, -0.05) is 0 Å². The molecule has 3 unspecified atom stereocenters. The number of amides is 1. The van der Waals surface area contributed by atoms with E-state index in [1.165, 1.54) is 0 Å². The van der Waals surface area contributed by atoms with Gasteiger partial charge in [-0.3, -0.25) is 9.69 Å². The molecule has 3 N–H and O–H groups in total. The molecule has 1 amide bonds. The predicted octanol–water partition coefficient (Wildman–Crippen LogP) is -0.0773. The molecule has 106 valence electrons. The van der Waals surface area contributed by atoms with Crippen molar-refractivity contribution in [3.05, 3.63) is 29.8 Å². The molecule has 3 atom stereocenters. The molecule has 1 aromatic carbocycles. The molecule has 1 aliphatic rings. The molecule has 2 rings (SSSR count). The summed E-state index contributed by atoms with van der Waals surface area (Å²) in [6, 6.07) is 8.15. The highest BCUT2D eigenvalue weighted by atomic mass is 16.3. The highest BCUT2D eigenvalue weighted by molar-refractivity contribution is 5.94. The molecule has 0 saturated carbocycles. The van der Waals surface area contributed by atoms with Crippen LogP contribution >= 0.6 is 0 Å². The minimum absolute atomic E-state index is 0.212. The molecule has 0 spiro atoms. The number of benzene rings is 1. The van der Waals surface area contributed by atoms with Gasteiger partial charge in [0.05, 0.1) is 29.9 Å². The zero-order chi connectivity index (χ0) is 14.7. The summed E-state index contributed by atoms with van der Waals surface area (Å²) in [4.78, 5) is 13.8. The molecule has 0 aliphatic carbocycles. The summed E-state index contributed by atoms with van der Waals surface area (Å²) in [6.45, 7) is 2.29. The van der Waals surface area contributed by atoms with E-state index in [4.69, 9.17) is 5.26 Å². The summed E-state index contributed by atoms with van der Waals surface area (Å²) < 4.78 is 0. The standard InChI is InChI=1S/C14H17N3O3/c1-9(17-7-12(18)13(19)8-17)14(20)16-11-4-2-10(6-15)3-5-11/h2-5,9,12-13,18-19H,7-8H2,1H3,(H,16,20). The first kappa shape index (κ1) is 14.5. The lowest BCUT2D eigenvalue weighted by Gasteiger charge is -2.22. The quantitative estimate of drug-likeness (QED) is 0.717. The number of rotatable bonds is 3. The Bertz CT molecular complexity index is 513. The van der Waals surface area contributed by atoms with Gasteiger partial charge in [0.2, 0.25) is 5.91 Å². The number of hydrogen-bond acceptors (Lipinski definition) is 5. The van der Waals surface area contributed by atoms with Crippen LogP contribution in [0.1, 0.15) is 12.5 Å². The summed E-state index contributed by atoms with van der Waals surface area (Å²) in [5.41, 5.74) is 1.14. The average molecular weight is 275 g/mol. The molecule has 6 nitrogen and oxygen atoms in total. The van der Waals surface area contributed by atoms with Crippen LogP contribution in [-0.4, -0.2) is 52.4 Å². The zero-order valence-electron chi connectivity index (χ0n) is 11.2. The van der Waals surface area contributed by atoms with E-state index in [-0.39, 0.29) is 19.0 Å². The van der Waals surface area contributed by atoms with E-state index in [9.17, 15) is 15.0 Å². The third-order valence-corrected chi connectivity index (χ3v) is 3.50. The van der Waals surface area contributed by atoms with Crippen LogP contribution in [0.25, 0.3) is 0 Å². The van der Waals surface area contributed by atoms with Gasteiger partial charge in [-0.05, 0) is 31.2 Å². The molecule has 1 fully saturated rings. The van der Waals surface area contributed by atoms with Crippen molar-refractivity contribution < 1.29 is 15.0 Å². The third-order valence-electron chi connectivity index (χ3n) is 3.50. The monoisotopic (exact) mass is 275 g/mol. The normalized spacial score (nSPS) is 24.1. The van der Waals surface area contributed by atoms with Gasteiger partial charge < -0.3 is 15.5 Å². The Balaban J connectivity index is 1.95. The molecule has 0 bridgehead atoms. The number of likely N-dealkylation sites (tertiary alicyclic amines) is 1. The van der Waals surface area contributed by atoms with Crippen molar-refractivity contribution >= 4 is 11.6 Å². The van der Waals surface area contributed by atoms with Crippen LogP contribution in [0.15, 0.2) is 24.3 Å². The molecule has 1 aliphatic heterocycles. The van der Waals surface area contributed by atoms with Crippen molar-refractivity contribution in [1.29, 1.82) is 5.26 Å². The van der Waals surface area contributed by atoms with E-state index in [1.54, 1.807) is 36.1 Å². The number of β-amino-alcohol motifs (C(OH)–C–C–N with tert-alkyl or cyclic N) is 2. The summed E-state index contributed by atoms with van der Waals surface area (Å²) in [7, 11) is 0. The van der Waals surface area contributed by atoms with Gasteiger partial charge in [0.1, 0.15) is 0 Å². The van der Waals surface area contributed by atoms with E-state index in [0.717, 1.165) is 0 Å². The van der Waals surface area contributed by atoms with E-state index >= 15 is 0 Å². The Morgan fingerprint density at radius 2 is 1.90 bits per heavy atom. The first-order valence-corrected chi connectivity index (χ1v) is 6.42. The third kappa shape index (κ3) is 3.14. The van der Waals surface area contributed by atoms with Crippen molar-refractivity contribution in [3.8, 4) is 6.07 Å². The summed E-state index contributed by atoms with van der Waals surface area (Å²) >= 11 is 0. The minimum atomic E-state index is -0.805. The summed E-state index contributed by atoms with van der Waals surface area (Å²) in [5.74, 6) is -0.212. The van der Waals surface area contributed by atoms with Crippen LogP contribution in [0.3, 0.4) is 0 Å². The van der Waals surface area contributed by atoms with Crippen molar-refractivity contribution in [1.82, 2.24) is 4.90 Å². The number of carbonyl (C=O) groups is 1. The topological polar surface area (TPSA) is 96.6 Å². The lowest BCUT2D eigenvalue weighted by atomic mass is 10.2. The van der Waals surface area contributed by atoms with Crippen LogP contribution in [0.2, 0.25) is 0 Å². The molecule has 1 aromatic rings. The van der Waals surface area contributed by atoms with Gasteiger partial charge in [0.25, 0.3) is 0 Å². The largest absolute Gasteiger partial charge is 0.389 e. The first-order valence-electron chi connectivity index (χ1n) is 6.42. The molecule has 0 aromatic heterocycles. The molecule has 1 saturated heterocycles. The second-order valence-electron chi connectivity index (χ2n) is 4.94. The molecule has 1 heterocycles. The van der Waals surface area contributed by atoms with E-state index in [0.29, 0.717) is 11.3 Å². The fourth-order valence-electron chi connectivity index (χ4n) is 2.16. The highest BCUT2D eigenvalue weighted by Crippen LogP contribution is 2.15. The smallest absolute Gasteiger partial charge is 0.241 e. The molecule has 6 heteroatoms. The van der Waals surface area contributed by atoms with Gasteiger partial charge in [0, 0.05) is 18.8 Å². The van der Waals surface area contributed by atoms with E-state index in [1.807, 2.05) is 6.07 Å². The second kappa shape index (κ2) is 6.01. The van der Waals surface area contributed by atoms with Gasteiger partial charge >= 0.3 is 0 Å². The van der Waals surface area contributed by atoms with Crippen molar-refractivity contribution in [2.24, 2.45) is 0 Å². The van der Waals surface area contributed by atoms with Gasteiger partial charge in [-0.25, -0.2) is 0 Å². The van der Waals surface area contributed by atoms with Crippen molar-refractivity contribution in [2.45, 2.75) is 25.2 Å². The first-order chi connectivity index (χ1) is 9.51. The molecular formula is C14H17N3O3. The number of hydrogen-bond donors (Lipinski definition) is 3. The zero-order valence-corrected chi connectivity index (χ0v) is 11.2. The minimum Gasteiger partial charge on any atom is -0.389 e. The summed E-state index contributed by atoms with van der Waals surface area (Å²) in [6.07, 6.45) is -1.61. The highest BCUT2D eigenvalue weighted by Gasteiger charge is 2.34. The number of nitrogens with zero attached hydrogens (tertiary/aromatic N) is 2. The van der Waals surface area contributed by atoms with Gasteiger partial charge in [0.15, 0.2) is 0 Å². The Morgan fingerprint density at radius 3 is 2.40 bits per heavy atom. The van der Waals surface area contributed by atoms with Crippen LogP contribution in [0.5, 0.6) is 0 Å². The van der Waals surface area contributed by atoms with Gasteiger partial charge in [-0.2, -0.15) is 5.26 Å². The maximum absolute atomic E-state index is 12.1. The number of nitriles is 1. The van der Waals surface area contributed by atoms with E-state index < -0.39 is 18.2 Å². The van der Waals surface area contributed by atoms with Crippen LogP contribution < -0.4 is 5.32 Å². The number of carbonyl (C=O) groups excluding carboxylic acids is 1. The Kier molecular flexibility index (Phi) is 4.35. The number of nitrogens with one attached hydrogen (secondary N) is 1. The fourth-order valence-corrected chi connectivity index (χ4v) is 2.16. The van der Waals surface area contributed by atoms with Crippen molar-refractivity contribution in [2.75, 3.05) is 18.4 Å². The van der Waals surface area contributed by atoms with Crippen LogP contribution in [-0.2, 0) is 4.79 Å². The lowest BCUT2D eigenvalue weighted by Crippen LogP contribution is -2.41. The Labute approximate surface area is 117 Å². The molecular weight excluding hydrogens is 258 g/mol. The van der Waals surface area contributed by atoms with Crippen molar-refractivity contribution in [3.63, 3.8) is 0 Å². The SMILES string of the molecule is CC(C(=O)Nc1ccc(C#N)cc1)N1CC(O)C(O)C1. The van der Waals surface area contributed by atoms with Gasteiger partial charge in [-0.15, -0.1) is 0 Å². The summed E-state index contributed by atoms with van der Waals surface area (Å²) in [5, 5.41) is 30.4. The number of aliphatic hydroxyl groups excluding tert-OH is 2. The molecule has 20 heavy (non-hydrogen) atoms. The van der Waals surface area contributed by atoms with E-state index in [2.05, 4.69) is 5.32 Å². The predicted molar refractivity (Wildman–Crippen MR) is 72.8 cm³/mol. The maximum atomic E-state index is 12.1. The maximum Gasteiger partial charge on any atom is 0.241 e. The second-order valence-corrected chi connectivity index (χ2v) is 4.94. The van der Waals surface area contributed by atoms with Crippen LogP contribution in [0.4, 0.5) is 5.69 Å². The van der Waals surface area contributed by atoms with Crippen LogP contribution in [0, 0.1) is 11.3 Å². The lowest BCUT2D eigenvalue weighted by molar-refractivity contribution is -0.120. The number of anilines is 1. The molecule has 0 radical (unpaired) electrons. The number of aliphatic hydroxyl groups is 2.